The van der Waals surface area contributed by atoms with E-state index >= 15 is 0 Å². The summed E-state index contributed by atoms with van der Waals surface area (Å²) in [7, 11) is 0. The molecule has 0 aliphatic heterocycles. The number of esters is 2. The van der Waals surface area contributed by atoms with Crippen LogP contribution in [-0.2, 0) is 37.3 Å². The van der Waals surface area contributed by atoms with Gasteiger partial charge in [-0.25, -0.2) is 9.59 Å². The van der Waals surface area contributed by atoms with Crippen LogP contribution in [0.1, 0.15) is 72.9 Å². The number of aryl methyl sites for hydroxylation is 2. The van der Waals surface area contributed by atoms with Crippen molar-refractivity contribution < 1.29 is 28.5 Å². The van der Waals surface area contributed by atoms with Gasteiger partial charge in [0.2, 0.25) is 0 Å². The molecule has 0 atom stereocenters. The first kappa shape index (κ1) is 35.2. The Balaban J connectivity index is 1.64. The summed E-state index contributed by atoms with van der Waals surface area (Å²) in [5.41, 5.74) is 8.87. The van der Waals surface area contributed by atoms with Crippen molar-refractivity contribution in [2.24, 2.45) is 0 Å². The topological polar surface area (TPSA) is 71.1 Å². The Morgan fingerprint density at radius 1 is 0.612 bits per heavy atom. The molecule has 0 saturated heterocycles. The van der Waals surface area contributed by atoms with E-state index < -0.39 is 17.4 Å². The van der Waals surface area contributed by atoms with Gasteiger partial charge in [-0.1, -0.05) is 113 Å². The van der Waals surface area contributed by atoms with E-state index in [2.05, 4.69) is 112 Å². The molecular formula is C43H46O6. The second kappa shape index (κ2) is 16.8. The van der Waals surface area contributed by atoms with Gasteiger partial charge < -0.3 is 18.9 Å². The number of carbonyl (C=O) groups excluding carboxylic acids is 2. The quantitative estimate of drug-likeness (QED) is 0.0532. The Labute approximate surface area is 290 Å². The van der Waals surface area contributed by atoms with E-state index in [1.54, 1.807) is 0 Å². The van der Waals surface area contributed by atoms with Gasteiger partial charge in [-0.15, -0.1) is 0 Å². The van der Waals surface area contributed by atoms with E-state index in [1.807, 2.05) is 0 Å². The second-order valence-corrected chi connectivity index (χ2v) is 12.1. The van der Waals surface area contributed by atoms with Crippen LogP contribution in [0.3, 0.4) is 0 Å². The van der Waals surface area contributed by atoms with E-state index in [9.17, 15) is 9.59 Å². The highest BCUT2D eigenvalue weighted by Gasteiger charge is 2.46. The van der Waals surface area contributed by atoms with E-state index in [1.165, 1.54) is 22.3 Å². The molecule has 5 rings (SSSR count). The van der Waals surface area contributed by atoms with Gasteiger partial charge in [0.1, 0.15) is 37.9 Å². The summed E-state index contributed by atoms with van der Waals surface area (Å²) in [6, 6.07) is 30.5. The van der Waals surface area contributed by atoms with Crippen LogP contribution in [0.15, 0.2) is 110 Å². The number of benzene rings is 4. The monoisotopic (exact) mass is 658 g/mol. The molecule has 1 aliphatic rings. The Hall–Kier alpha value is -5.10. The SMILES string of the molecule is C=CC(=O)OCCOc1ccc(C2(c3ccc(OCCOC(=O)C=C)c(CCCC)c3)c3ccccc3-c3ccccc32)cc1CCCC. The Bertz CT molecular complexity index is 1660. The van der Waals surface area contributed by atoms with Gasteiger partial charge in [0.25, 0.3) is 0 Å². The summed E-state index contributed by atoms with van der Waals surface area (Å²) in [6.07, 6.45) is 8.16. The van der Waals surface area contributed by atoms with Crippen LogP contribution in [-0.4, -0.2) is 38.4 Å². The molecule has 0 heterocycles. The third-order valence-electron chi connectivity index (χ3n) is 9.04. The lowest BCUT2D eigenvalue weighted by Crippen LogP contribution is -2.29. The third kappa shape index (κ3) is 7.64. The fourth-order valence-corrected chi connectivity index (χ4v) is 6.76. The Morgan fingerprint density at radius 2 is 1.04 bits per heavy atom. The van der Waals surface area contributed by atoms with Gasteiger partial charge in [0, 0.05) is 12.2 Å². The zero-order valence-electron chi connectivity index (χ0n) is 28.7. The zero-order chi connectivity index (χ0) is 34.6. The second-order valence-electron chi connectivity index (χ2n) is 12.1. The Morgan fingerprint density at radius 3 is 1.45 bits per heavy atom. The summed E-state index contributed by atoms with van der Waals surface area (Å²) in [4.78, 5) is 23.1. The van der Waals surface area contributed by atoms with Gasteiger partial charge in [-0.3, -0.25) is 0 Å². The lowest BCUT2D eigenvalue weighted by atomic mass is 9.67. The fraction of sp³-hybridized carbons (Fsp3) is 0.302. The summed E-state index contributed by atoms with van der Waals surface area (Å²) in [6.45, 7) is 12.1. The minimum Gasteiger partial charge on any atom is -0.490 e. The summed E-state index contributed by atoms with van der Waals surface area (Å²) >= 11 is 0. The van der Waals surface area contributed by atoms with Crippen LogP contribution < -0.4 is 9.47 Å². The molecule has 0 spiro atoms. The van der Waals surface area contributed by atoms with Crippen LogP contribution in [0.5, 0.6) is 11.5 Å². The largest absolute Gasteiger partial charge is 0.490 e. The molecule has 0 unspecified atom stereocenters. The molecule has 4 aromatic carbocycles. The van der Waals surface area contributed by atoms with Crippen molar-refractivity contribution in [3.05, 3.63) is 144 Å². The van der Waals surface area contributed by atoms with E-state index in [0.29, 0.717) is 0 Å². The lowest BCUT2D eigenvalue weighted by molar-refractivity contribution is -0.139. The number of carbonyl (C=O) groups is 2. The van der Waals surface area contributed by atoms with Gasteiger partial charge >= 0.3 is 11.9 Å². The van der Waals surface area contributed by atoms with Gasteiger partial charge in [-0.2, -0.15) is 0 Å². The lowest BCUT2D eigenvalue weighted by Gasteiger charge is -2.35. The normalized spacial score (nSPS) is 12.4. The molecule has 4 aromatic rings. The summed E-state index contributed by atoms with van der Waals surface area (Å²) in [5, 5.41) is 0. The van der Waals surface area contributed by atoms with Gasteiger partial charge in [-0.05, 0) is 82.3 Å². The highest BCUT2D eigenvalue weighted by Crippen LogP contribution is 2.56. The first-order chi connectivity index (χ1) is 24.0. The molecule has 1 aliphatic carbocycles. The molecule has 0 radical (unpaired) electrons. The standard InChI is InChI=1S/C43H46O6/c1-5-9-15-31-29-33(21-23-39(31)46-25-27-48-41(44)7-3)43(37-19-13-11-17-35(37)36-18-12-14-20-38(36)43)34-22-24-40(32(30-34)16-10-6-2)47-26-28-49-42(45)8-4/h7-8,11-14,17-24,29-30H,3-6,9-10,15-16,25-28H2,1-2H3. The molecule has 0 N–H and O–H groups in total. The molecule has 49 heavy (non-hydrogen) atoms. The van der Waals surface area contributed by atoms with Crippen LogP contribution in [0, 0.1) is 0 Å². The molecule has 254 valence electrons. The third-order valence-corrected chi connectivity index (χ3v) is 9.04. The number of unbranched alkanes of at least 4 members (excludes halogenated alkanes) is 2. The predicted octanol–water partition coefficient (Wildman–Crippen LogP) is 8.95. The Kier molecular flexibility index (Phi) is 12.1. The fourth-order valence-electron chi connectivity index (χ4n) is 6.76. The van der Waals surface area contributed by atoms with Crippen LogP contribution in [0.25, 0.3) is 11.1 Å². The van der Waals surface area contributed by atoms with Crippen LogP contribution in [0.4, 0.5) is 0 Å². The first-order valence-corrected chi connectivity index (χ1v) is 17.3. The van der Waals surface area contributed by atoms with Crippen molar-refractivity contribution >= 4 is 11.9 Å². The molecule has 6 heteroatoms. The maximum Gasteiger partial charge on any atom is 0.330 e. The van der Waals surface area contributed by atoms with Crippen molar-refractivity contribution in [1.29, 1.82) is 0 Å². The predicted molar refractivity (Wildman–Crippen MR) is 194 cm³/mol. The van der Waals surface area contributed by atoms with E-state index in [0.717, 1.165) is 84.4 Å². The smallest absolute Gasteiger partial charge is 0.330 e. The van der Waals surface area contributed by atoms with Gasteiger partial charge in [0.15, 0.2) is 0 Å². The minimum atomic E-state index is -0.592. The van der Waals surface area contributed by atoms with E-state index in [-0.39, 0.29) is 26.4 Å². The van der Waals surface area contributed by atoms with Crippen LogP contribution >= 0.6 is 0 Å². The molecular weight excluding hydrogens is 612 g/mol. The molecule has 0 bridgehead atoms. The highest BCUT2D eigenvalue weighted by molar-refractivity contribution is 5.86. The molecule has 6 nitrogen and oxygen atoms in total. The summed E-state index contributed by atoms with van der Waals surface area (Å²) in [5.74, 6) is 0.672. The number of hydrogen-bond acceptors (Lipinski definition) is 6. The van der Waals surface area contributed by atoms with Crippen molar-refractivity contribution in [3.63, 3.8) is 0 Å². The van der Waals surface area contributed by atoms with Crippen molar-refractivity contribution in [3.8, 4) is 22.6 Å². The average molecular weight is 659 g/mol. The average Bonchev–Trinajstić information content (AvgIpc) is 3.44. The number of fused-ring (bicyclic) bond motifs is 3. The number of hydrogen-bond donors (Lipinski definition) is 0. The summed E-state index contributed by atoms with van der Waals surface area (Å²) < 4.78 is 22.8. The molecule has 0 amide bonds. The number of ether oxygens (including phenoxy) is 4. The maximum absolute atomic E-state index is 11.6. The zero-order valence-corrected chi connectivity index (χ0v) is 28.7. The highest BCUT2D eigenvalue weighted by atomic mass is 16.6. The van der Waals surface area contributed by atoms with Crippen molar-refractivity contribution in [1.82, 2.24) is 0 Å². The first-order valence-electron chi connectivity index (χ1n) is 17.3. The molecule has 0 fully saturated rings. The van der Waals surface area contributed by atoms with Crippen molar-refractivity contribution in [2.45, 2.75) is 57.8 Å². The molecule has 0 saturated carbocycles. The van der Waals surface area contributed by atoms with Crippen LogP contribution in [0.2, 0.25) is 0 Å². The van der Waals surface area contributed by atoms with E-state index in [4.69, 9.17) is 18.9 Å². The number of rotatable bonds is 18. The molecule has 0 aromatic heterocycles. The van der Waals surface area contributed by atoms with Gasteiger partial charge in [0.05, 0.1) is 5.41 Å². The van der Waals surface area contributed by atoms with Crippen molar-refractivity contribution in [2.75, 3.05) is 26.4 Å². The minimum absolute atomic E-state index is 0.149. The maximum atomic E-state index is 11.6.